The molecule has 4 heteroatoms. The SMILES string of the molecule is CC(N)(CO)c1ccc2nc(OC3CCC(C(C)(C)C)CC3)ccc2c1. The Balaban J connectivity index is 1.69. The number of nitrogens with two attached hydrogens (primary N) is 1. The molecule has 0 spiro atoms. The quantitative estimate of drug-likeness (QED) is 0.853. The first-order valence-electron chi connectivity index (χ1n) is 9.67. The van der Waals surface area contributed by atoms with Gasteiger partial charge in [-0.25, -0.2) is 4.98 Å². The van der Waals surface area contributed by atoms with E-state index < -0.39 is 5.54 Å². The Hall–Kier alpha value is -1.65. The molecule has 1 fully saturated rings. The van der Waals surface area contributed by atoms with Gasteiger partial charge >= 0.3 is 0 Å². The van der Waals surface area contributed by atoms with Crippen LogP contribution in [0.3, 0.4) is 0 Å². The summed E-state index contributed by atoms with van der Waals surface area (Å²) < 4.78 is 6.17. The molecule has 0 saturated heterocycles. The Kier molecular flexibility index (Phi) is 5.27. The Labute approximate surface area is 156 Å². The van der Waals surface area contributed by atoms with Crippen molar-refractivity contribution in [3.05, 3.63) is 35.9 Å². The van der Waals surface area contributed by atoms with Gasteiger partial charge in [-0.05, 0) is 67.7 Å². The van der Waals surface area contributed by atoms with E-state index in [-0.39, 0.29) is 12.7 Å². The van der Waals surface area contributed by atoms with Crippen LogP contribution >= 0.6 is 0 Å². The third-order valence-electron chi connectivity index (χ3n) is 5.84. The van der Waals surface area contributed by atoms with E-state index in [4.69, 9.17) is 10.5 Å². The molecule has 3 rings (SSSR count). The van der Waals surface area contributed by atoms with Crippen LogP contribution in [-0.2, 0) is 5.54 Å². The van der Waals surface area contributed by atoms with Crippen molar-refractivity contribution in [2.45, 2.75) is 65.0 Å². The standard InChI is InChI=1S/C22H32N2O2/c1-21(2,3)16-6-9-18(10-7-16)26-20-12-5-15-13-17(22(4,23)14-25)8-11-19(15)24-20/h5,8,11-13,16,18,25H,6-7,9-10,14,23H2,1-4H3. The molecule has 1 aromatic heterocycles. The number of hydrogen-bond donors (Lipinski definition) is 2. The van der Waals surface area contributed by atoms with E-state index in [1.165, 1.54) is 12.8 Å². The molecule has 1 heterocycles. The highest BCUT2D eigenvalue weighted by molar-refractivity contribution is 5.80. The lowest BCUT2D eigenvalue weighted by Crippen LogP contribution is -2.36. The number of ether oxygens (including phenoxy) is 1. The van der Waals surface area contributed by atoms with Crippen LogP contribution < -0.4 is 10.5 Å². The summed E-state index contributed by atoms with van der Waals surface area (Å²) >= 11 is 0. The fraction of sp³-hybridized carbons (Fsp3) is 0.591. The molecule has 0 bridgehead atoms. The van der Waals surface area contributed by atoms with Crippen molar-refractivity contribution in [2.75, 3.05) is 6.61 Å². The van der Waals surface area contributed by atoms with Gasteiger partial charge in [0.1, 0.15) is 6.10 Å². The minimum absolute atomic E-state index is 0.0929. The van der Waals surface area contributed by atoms with Crippen LogP contribution in [0.2, 0.25) is 0 Å². The van der Waals surface area contributed by atoms with Gasteiger partial charge in [-0.15, -0.1) is 0 Å². The molecule has 2 aromatic rings. The molecule has 1 unspecified atom stereocenters. The van der Waals surface area contributed by atoms with Crippen molar-refractivity contribution in [1.29, 1.82) is 0 Å². The van der Waals surface area contributed by atoms with Gasteiger partial charge in [0.25, 0.3) is 0 Å². The maximum absolute atomic E-state index is 9.45. The molecule has 1 aromatic carbocycles. The first-order valence-corrected chi connectivity index (χ1v) is 9.67. The van der Waals surface area contributed by atoms with Crippen LogP contribution in [0.5, 0.6) is 5.88 Å². The molecule has 4 nitrogen and oxygen atoms in total. The van der Waals surface area contributed by atoms with Crippen LogP contribution in [0.4, 0.5) is 0 Å². The van der Waals surface area contributed by atoms with Gasteiger partial charge < -0.3 is 15.6 Å². The number of aromatic nitrogens is 1. The van der Waals surface area contributed by atoms with Crippen molar-refractivity contribution in [3.63, 3.8) is 0 Å². The normalized spacial score (nSPS) is 23.6. The average Bonchev–Trinajstić information content (AvgIpc) is 2.61. The van der Waals surface area contributed by atoms with Gasteiger partial charge in [-0.1, -0.05) is 26.8 Å². The molecule has 1 aliphatic rings. The second-order valence-corrected chi connectivity index (χ2v) is 9.09. The molecular weight excluding hydrogens is 324 g/mol. The number of aliphatic hydroxyl groups is 1. The fourth-order valence-electron chi connectivity index (χ4n) is 3.84. The molecule has 0 radical (unpaired) electrons. The van der Waals surface area contributed by atoms with Gasteiger partial charge in [-0.2, -0.15) is 0 Å². The minimum atomic E-state index is -0.741. The predicted molar refractivity (Wildman–Crippen MR) is 106 cm³/mol. The summed E-state index contributed by atoms with van der Waals surface area (Å²) in [6, 6.07) is 9.85. The van der Waals surface area contributed by atoms with Gasteiger partial charge in [0, 0.05) is 11.5 Å². The lowest BCUT2D eigenvalue weighted by molar-refractivity contribution is 0.0854. The van der Waals surface area contributed by atoms with Crippen molar-refractivity contribution >= 4 is 10.9 Å². The summed E-state index contributed by atoms with van der Waals surface area (Å²) in [6.07, 6.45) is 4.91. The molecule has 142 valence electrons. The smallest absolute Gasteiger partial charge is 0.214 e. The molecule has 1 saturated carbocycles. The molecule has 26 heavy (non-hydrogen) atoms. The molecular formula is C22H32N2O2. The summed E-state index contributed by atoms with van der Waals surface area (Å²) in [4.78, 5) is 4.66. The topological polar surface area (TPSA) is 68.4 Å². The van der Waals surface area contributed by atoms with Crippen LogP contribution in [0, 0.1) is 11.3 Å². The van der Waals surface area contributed by atoms with E-state index in [9.17, 15) is 5.11 Å². The van der Waals surface area contributed by atoms with E-state index in [0.717, 1.165) is 35.2 Å². The summed E-state index contributed by atoms with van der Waals surface area (Å²) in [5, 5.41) is 10.5. The van der Waals surface area contributed by atoms with E-state index in [2.05, 4.69) is 25.8 Å². The molecule has 3 N–H and O–H groups in total. The highest BCUT2D eigenvalue weighted by Crippen LogP contribution is 2.38. The van der Waals surface area contributed by atoms with Gasteiger partial charge in [-0.3, -0.25) is 0 Å². The summed E-state index contributed by atoms with van der Waals surface area (Å²) in [5.41, 5.74) is 7.57. The van der Waals surface area contributed by atoms with Crippen molar-refractivity contribution in [1.82, 2.24) is 4.98 Å². The summed E-state index contributed by atoms with van der Waals surface area (Å²) in [7, 11) is 0. The Morgan fingerprint density at radius 2 is 1.77 bits per heavy atom. The Morgan fingerprint density at radius 3 is 2.38 bits per heavy atom. The second-order valence-electron chi connectivity index (χ2n) is 9.09. The molecule has 1 aliphatic carbocycles. The number of benzene rings is 1. The number of pyridine rings is 1. The average molecular weight is 357 g/mol. The monoisotopic (exact) mass is 356 g/mol. The third kappa shape index (κ3) is 4.18. The first kappa shape index (κ1) is 19.1. The Bertz CT molecular complexity index is 756. The number of fused-ring (bicyclic) bond motifs is 1. The molecule has 1 atom stereocenters. The summed E-state index contributed by atoms with van der Waals surface area (Å²) in [5.74, 6) is 1.48. The zero-order valence-corrected chi connectivity index (χ0v) is 16.5. The maximum Gasteiger partial charge on any atom is 0.214 e. The number of hydrogen-bond acceptors (Lipinski definition) is 4. The van der Waals surface area contributed by atoms with E-state index in [1.807, 2.05) is 37.3 Å². The fourth-order valence-corrected chi connectivity index (χ4v) is 3.84. The number of aliphatic hydroxyl groups excluding tert-OH is 1. The highest BCUT2D eigenvalue weighted by atomic mass is 16.5. The zero-order chi connectivity index (χ0) is 18.9. The zero-order valence-electron chi connectivity index (χ0n) is 16.5. The predicted octanol–water partition coefficient (Wildman–Crippen LogP) is 4.38. The van der Waals surface area contributed by atoms with E-state index in [1.54, 1.807) is 0 Å². The van der Waals surface area contributed by atoms with Crippen molar-refractivity contribution in [2.24, 2.45) is 17.1 Å². The minimum Gasteiger partial charge on any atom is -0.474 e. The van der Waals surface area contributed by atoms with Crippen molar-refractivity contribution in [3.8, 4) is 5.88 Å². The maximum atomic E-state index is 9.45. The van der Waals surface area contributed by atoms with Crippen LogP contribution in [0.25, 0.3) is 10.9 Å². The van der Waals surface area contributed by atoms with Crippen molar-refractivity contribution < 1.29 is 9.84 Å². The van der Waals surface area contributed by atoms with Gasteiger partial charge in [0.05, 0.1) is 17.7 Å². The van der Waals surface area contributed by atoms with Gasteiger partial charge in [0.2, 0.25) is 5.88 Å². The van der Waals surface area contributed by atoms with E-state index >= 15 is 0 Å². The largest absolute Gasteiger partial charge is 0.474 e. The Morgan fingerprint density at radius 1 is 1.08 bits per heavy atom. The second kappa shape index (κ2) is 7.16. The molecule has 0 aliphatic heterocycles. The number of rotatable bonds is 4. The lowest BCUT2D eigenvalue weighted by atomic mass is 9.72. The third-order valence-corrected chi connectivity index (χ3v) is 5.84. The summed E-state index contributed by atoms with van der Waals surface area (Å²) in [6.45, 7) is 8.74. The van der Waals surface area contributed by atoms with Crippen LogP contribution in [0.1, 0.15) is 58.9 Å². The van der Waals surface area contributed by atoms with E-state index in [0.29, 0.717) is 11.3 Å². The lowest BCUT2D eigenvalue weighted by Gasteiger charge is -2.36. The molecule has 0 amide bonds. The van der Waals surface area contributed by atoms with Crippen LogP contribution in [0.15, 0.2) is 30.3 Å². The van der Waals surface area contributed by atoms with Gasteiger partial charge in [0.15, 0.2) is 0 Å². The first-order chi connectivity index (χ1) is 12.2. The van der Waals surface area contributed by atoms with Crippen LogP contribution in [-0.4, -0.2) is 22.8 Å². The number of nitrogens with zero attached hydrogens (tertiary/aromatic N) is 1. The highest BCUT2D eigenvalue weighted by Gasteiger charge is 2.30.